The maximum Gasteiger partial charge on any atom is 0.251 e. The molecule has 2 heterocycles. The molecular weight excluding hydrogens is 432 g/mol. The largest absolute Gasteiger partial charge is 0.365 e. The van der Waals surface area contributed by atoms with Gasteiger partial charge in [0, 0.05) is 25.2 Å². The molecule has 29 heavy (non-hydrogen) atoms. The topological polar surface area (TPSA) is 122 Å². The van der Waals surface area contributed by atoms with Crippen molar-refractivity contribution >= 4 is 49.9 Å². The van der Waals surface area contributed by atoms with Crippen LogP contribution in [0.2, 0.25) is 0 Å². The minimum absolute atomic E-state index is 0.0769. The zero-order chi connectivity index (χ0) is 21.2. The number of rotatable bonds is 7. The number of carbonyl (C=O) groups excluding carboxylic acids is 2. The van der Waals surface area contributed by atoms with Crippen LogP contribution in [-0.4, -0.2) is 49.4 Å². The molecule has 0 unspecified atom stereocenters. The van der Waals surface area contributed by atoms with Gasteiger partial charge in [0.1, 0.15) is 9.90 Å². The Labute approximate surface area is 177 Å². The highest BCUT2D eigenvalue weighted by Gasteiger charge is 2.25. The quantitative estimate of drug-likeness (QED) is 0.618. The number of thioether (sulfide) groups is 1. The molecule has 2 aromatic rings. The summed E-state index contributed by atoms with van der Waals surface area (Å²) < 4.78 is 25.2. The Morgan fingerprint density at radius 2 is 2.00 bits per heavy atom. The van der Waals surface area contributed by atoms with Crippen molar-refractivity contribution in [2.75, 3.05) is 25.2 Å². The highest BCUT2D eigenvalue weighted by molar-refractivity contribution is 7.99. The lowest BCUT2D eigenvalue weighted by molar-refractivity contribution is -0.113. The molecule has 0 aromatic carbocycles. The van der Waals surface area contributed by atoms with Crippen LogP contribution in [0.4, 0.5) is 5.00 Å². The van der Waals surface area contributed by atoms with Crippen LogP contribution in [0.1, 0.15) is 33.6 Å². The second kappa shape index (κ2) is 8.82. The Hall–Kier alpha value is -1.95. The summed E-state index contributed by atoms with van der Waals surface area (Å²) in [6, 6.07) is 3.02. The van der Waals surface area contributed by atoms with Crippen LogP contribution >= 0.6 is 23.1 Å². The Morgan fingerprint density at radius 3 is 2.62 bits per heavy atom. The molecule has 0 atom stereocenters. The minimum atomic E-state index is -3.54. The van der Waals surface area contributed by atoms with E-state index in [4.69, 9.17) is 5.73 Å². The van der Waals surface area contributed by atoms with Gasteiger partial charge in [-0.25, -0.2) is 17.7 Å². The highest BCUT2D eigenvalue weighted by atomic mass is 32.2. The number of amides is 2. The number of primary amides is 1. The first-order valence-electron chi connectivity index (χ1n) is 8.95. The van der Waals surface area contributed by atoms with Gasteiger partial charge in [-0.05, 0) is 43.4 Å². The zero-order valence-electron chi connectivity index (χ0n) is 16.1. The minimum Gasteiger partial charge on any atom is -0.365 e. The number of thiophene rings is 1. The molecule has 2 aromatic heterocycles. The zero-order valence-corrected chi connectivity index (χ0v) is 18.5. The van der Waals surface area contributed by atoms with Gasteiger partial charge in [-0.2, -0.15) is 0 Å². The molecule has 1 aliphatic rings. The molecule has 0 aliphatic heterocycles. The summed E-state index contributed by atoms with van der Waals surface area (Å²) in [6.45, 7) is 0. The van der Waals surface area contributed by atoms with Gasteiger partial charge in [0.25, 0.3) is 5.91 Å². The second-order valence-electron chi connectivity index (χ2n) is 6.74. The number of fused-ring (bicyclic) bond motifs is 1. The smallest absolute Gasteiger partial charge is 0.251 e. The summed E-state index contributed by atoms with van der Waals surface area (Å²) in [6.07, 6.45) is 5.06. The van der Waals surface area contributed by atoms with Crippen molar-refractivity contribution in [1.29, 1.82) is 0 Å². The van der Waals surface area contributed by atoms with Crippen LogP contribution in [0.5, 0.6) is 0 Å². The highest BCUT2D eigenvalue weighted by Crippen LogP contribution is 2.38. The van der Waals surface area contributed by atoms with E-state index in [2.05, 4.69) is 10.3 Å². The second-order valence-corrected chi connectivity index (χ2v) is 11.0. The number of pyridine rings is 1. The van der Waals surface area contributed by atoms with Crippen LogP contribution in [0, 0.1) is 0 Å². The van der Waals surface area contributed by atoms with Gasteiger partial charge in [0.15, 0.2) is 0 Å². The van der Waals surface area contributed by atoms with Crippen molar-refractivity contribution in [1.82, 2.24) is 9.29 Å². The fourth-order valence-corrected chi connectivity index (χ4v) is 5.83. The maximum atomic E-state index is 12.4. The molecule has 156 valence electrons. The van der Waals surface area contributed by atoms with Crippen LogP contribution in [-0.2, 0) is 27.7 Å². The van der Waals surface area contributed by atoms with Crippen LogP contribution in [0.15, 0.2) is 28.3 Å². The van der Waals surface area contributed by atoms with E-state index in [9.17, 15) is 18.0 Å². The summed E-state index contributed by atoms with van der Waals surface area (Å²) in [7, 11) is -0.641. The van der Waals surface area contributed by atoms with Crippen LogP contribution < -0.4 is 11.1 Å². The van der Waals surface area contributed by atoms with Crippen molar-refractivity contribution in [2.24, 2.45) is 5.73 Å². The first-order chi connectivity index (χ1) is 13.7. The summed E-state index contributed by atoms with van der Waals surface area (Å²) in [5.41, 5.74) is 6.94. The molecular formula is C18H22N4O4S3. The van der Waals surface area contributed by atoms with E-state index in [0.29, 0.717) is 15.6 Å². The number of anilines is 1. The average molecular weight is 455 g/mol. The summed E-state index contributed by atoms with van der Waals surface area (Å²) in [5, 5.41) is 3.83. The number of nitrogens with zero attached hydrogens (tertiary/aromatic N) is 2. The van der Waals surface area contributed by atoms with Crippen molar-refractivity contribution in [3.63, 3.8) is 0 Å². The molecule has 3 N–H and O–H groups in total. The van der Waals surface area contributed by atoms with E-state index in [1.54, 1.807) is 6.07 Å². The Morgan fingerprint density at radius 1 is 1.28 bits per heavy atom. The molecule has 8 nitrogen and oxygen atoms in total. The molecule has 1 aliphatic carbocycles. The van der Waals surface area contributed by atoms with E-state index in [1.165, 1.54) is 49.5 Å². The molecule has 11 heteroatoms. The number of aryl methyl sites for hydroxylation is 1. The molecule has 0 bridgehead atoms. The normalized spacial score (nSPS) is 13.9. The number of aromatic nitrogens is 1. The van der Waals surface area contributed by atoms with Crippen molar-refractivity contribution in [3.8, 4) is 0 Å². The van der Waals surface area contributed by atoms with Crippen LogP contribution in [0.3, 0.4) is 0 Å². The number of nitrogens with two attached hydrogens (primary N) is 1. The van der Waals surface area contributed by atoms with Crippen molar-refractivity contribution < 1.29 is 18.0 Å². The van der Waals surface area contributed by atoms with Gasteiger partial charge in [-0.3, -0.25) is 9.59 Å². The van der Waals surface area contributed by atoms with E-state index >= 15 is 0 Å². The van der Waals surface area contributed by atoms with Gasteiger partial charge in [0.2, 0.25) is 15.9 Å². The third kappa shape index (κ3) is 4.80. The first-order valence-corrected chi connectivity index (χ1v) is 12.2. The molecule has 0 fully saturated rings. The molecule has 0 saturated heterocycles. The molecule has 0 saturated carbocycles. The average Bonchev–Trinajstić information content (AvgIpc) is 3.04. The lowest BCUT2D eigenvalue weighted by Gasteiger charge is -2.11. The number of hydrogen-bond donors (Lipinski definition) is 2. The molecule has 0 spiro atoms. The third-order valence-electron chi connectivity index (χ3n) is 4.51. The van der Waals surface area contributed by atoms with E-state index < -0.39 is 15.9 Å². The lowest BCUT2D eigenvalue weighted by atomic mass is 9.95. The molecule has 3 rings (SSSR count). The number of sulfonamides is 1. The van der Waals surface area contributed by atoms with Gasteiger partial charge < -0.3 is 11.1 Å². The summed E-state index contributed by atoms with van der Waals surface area (Å²) in [4.78, 5) is 29.6. The fourth-order valence-electron chi connectivity index (χ4n) is 3.03. The van der Waals surface area contributed by atoms with Crippen molar-refractivity contribution in [2.45, 2.75) is 35.6 Å². The number of hydrogen-bond acceptors (Lipinski definition) is 7. The van der Waals surface area contributed by atoms with Gasteiger partial charge >= 0.3 is 0 Å². The predicted molar refractivity (Wildman–Crippen MR) is 114 cm³/mol. The van der Waals surface area contributed by atoms with Gasteiger partial charge in [-0.15, -0.1) is 11.3 Å². The Balaban J connectivity index is 1.65. The number of carbonyl (C=O) groups is 2. The predicted octanol–water partition coefficient (Wildman–Crippen LogP) is 2.10. The molecule has 2 amide bonds. The summed E-state index contributed by atoms with van der Waals surface area (Å²) >= 11 is 2.60. The third-order valence-corrected chi connectivity index (χ3v) is 8.46. The first kappa shape index (κ1) is 21.8. The standard InChI is InChI=1S/C18H22N4O4S3/c1-22(2)29(25,26)11-7-8-15(20-9-11)27-10-14(23)21-18-16(17(19)24)12-5-3-4-6-13(12)28-18/h7-9H,3-6,10H2,1-2H3,(H2,19,24)(H,21,23). The van der Waals surface area contributed by atoms with Crippen molar-refractivity contribution in [3.05, 3.63) is 34.3 Å². The Kier molecular flexibility index (Phi) is 6.62. The van der Waals surface area contributed by atoms with E-state index in [1.807, 2.05) is 0 Å². The SMILES string of the molecule is CN(C)S(=O)(=O)c1ccc(SCC(=O)Nc2sc3c(c2C(N)=O)CCCC3)nc1. The summed E-state index contributed by atoms with van der Waals surface area (Å²) in [5.74, 6) is -0.720. The van der Waals surface area contributed by atoms with Gasteiger partial charge in [0.05, 0.1) is 16.3 Å². The number of nitrogens with one attached hydrogen (secondary N) is 1. The fraction of sp³-hybridized carbons (Fsp3) is 0.389. The van der Waals surface area contributed by atoms with Gasteiger partial charge in [-0.1, -0.05) is 11.8 Å². The Bertz CT molecular complexity index is 1030. The monoisotopic (exact) mass is 454 g/mol. The maximum absolute atomic E-state index is 12.4. The lowest BCUT2D eigenvalue weighted by Crippen LogP contribution is -2.22. The van der Waals surface area contributed by atoms with E-state index in [0.717, 1.165) is 40.4 Å². The molecule has 0 radical (unpaired) electrons. The van der Waals surface area contributed by atoms with E-state index in [-0.39, 0.29) is 16.6 Å². The van der Waals surface area contributed by atoms with Crippen LogP contribution in [0.25, 0.3) is 0 Å².